The molecule has 2 unspecified atom stereocenters. The van der Waals surface area contributed by atoms with Crippen LogP contribution in [0.3, 0.4) is 0 Å². The lowest BCUT2D eigenvalue weighted by Gasteiger charge is -2.36. The molecule has 1 N–H and O–H groups in total. The van der Waals surface area contributed by atoms with Gasteiger partial charge in [-0.25, -0.2) is 8.42 Å². The van der Waals surface area contributed by atoms with E-state index in [9.17, 15) is 13.5 Å². The largest absolute Gasteiger partial charge is 0.391 e. The SMILES string of the molecule is CC1C(O)CCCN1S(=O)(=O)C(C)C. The Bertz CT molecular complexity index is 286. The van der Waals surface area contributed by atoms with Gasteiger partial charge in [0.05, 0.1) is 11.4 Å². The molecule has 0 radical (unpaired) electrons. The van der Waals surface area contributed by atoms with E-state index >= 15 is 0 Å². The van der Waals surface area contributed by atoms with Gasteiger partial charge in [-0.15, -0.1) is 0 Å². The zero-order chi connectivity index (χ0) is 10.9. The minimum atomic E-state index is -3.21. The number of rotatable bonds is 2. The van der Waals surface area contributed by atoms with Crippen LogP contribution in [0.2, 0.25) is 0 Å². The third-order valence-electron chi connectivity index (χ3n) is 2.81. The van der Waals surface area contributed by atoms with E-state index < -0.39 is 21.4 Å². The van der Waals surface area contributed by atoms with Gasteiger partial charge in [0.25, 0.3) is 0 Å². The van der Waals surface area contributed by atoms with Crippen molar-refractivity contribution in [3.05, 3.63) is 0 Å². The Hall–Kier alpha value is -0.130. The Balaban J connectivity index is 2.87. The van der Waals surface area contributed by atoms with Crippen LogP contribution >= 0.6 is 0 Å². The number of hydrogen-bond acceptors (Lipinski definition) is 3. The molecule has 84 valence electrons. The van der Waals surface area contributed by atoms with Crippen molar-refractivity contribution in [1.82, 2.24) is 4.31 Å². The van der Waals surface area contributed by atoms with Gasteiger partial charge >= 0.3 is 0 Å². The predicted octanol–water partition coefficient (Wildman–Crippen LogP) is 0.570. The molecule has 0 amide bonds. The van der Waals surface area contributed by atoms with Crippen molar-refractivity contribution in [3.63, 3.8) is 0 Å². The van der Waals surface area contributed by atoms with E-state index in [1.54, 1.807) is 20.8 Å². The highest BCUT2D eigenvalue weighted by atomic mass is 32.2. The molecule has 1 fully saturated rings. The quantitative estimate of drug-likeness (QED) is 0.741. The van der Waals surface area contributed by atoms with Gasteiger partial charge in [-0.3, -0.25) is 0 Å². The topological polar surface area (TPSA) is 57.6 Å². The maximum absolute atomic E-state index is 11.9. The maximum Gasteiger partial charge on any atom is 0.216 e. The average Bonchev–Trinajstić information content (AvgIpc) is 2.09. The molecule has 4 nitrogen and oxygen atoms in total. The normalized spacial score (nSPS) is 30.9. The molecule has 14 heavy (non-hydrogen) atoms. The third kappa shape index (κ3) is 2.10. The van der Waals surface area contributed by atoms with Crippen molar-refractivity contribution < 1.29 is 13.5 Å². The van der Waals surface area contributed by atoms with E-state index in [0.29, 0.717) is 13.0 Å². The summed E-state index contributed by atoms with van der Waals surface area (Å²) in [5.41, 5.74) is 0. The first-order chi connectivity index (χ1) is 6.37. The molecule has 2 atom stereocenters. The van der Waals surface area contributed by atoms with Gasteiger partial charge in [0, 0.05) is 12.6 Å². The molecule has 1 heterocycles. The molecule has 0 spiro atoms. The van der Waals surface area contributed by atoms with E-state index in [1.165, 1.54) is 4.31 Å². The molecule has 1 aliphatic rings. The zero-order valence-electron chi connectivity index (χ0n) is 8.97. The second-order valence-electron chi connectivity index (χ2n) is 4.15. The Morgan fingerprint density at radius 3 is 2.50 bits per heavy atom. The fourth-order valence-corrected chi connectivity index (χ4v) is 3.25. The lowest BCUT2D eigenvalue weighted by atomic mass is 10.0. The lowest BCUT2D eigenvalue weighted by molar-refractivity contribution is 0.0610. The smallest absolute Gasteiger partial charge is 0.216 e. The molecule has 5 heteroatoms. The first-order valence-corrected chi connectivity index (χ1v) is 6.56. The van der Waals surface area contributed by atoms with Gasteiger partial charge in [0.2, 0.25) is 10.0 Å². The monoisotopic (exact) mass is 221 g/mol. The third-order valence-corrected chi connectivity index (χ3v) is 5.17. The first kappa shape index (κ1) is 11.9. The van der Waals surface area contributed by atoms with E-state index in [1.807, 2.05) is 0 Å². The van der Waals surface area contributed by atoms with Crippen LogP contribution in [0.4, 0.5) is 0 Å². The highest BCUT2D eigenvalue weighted by molar-refractivity contribution is 7.89. The molecule has 0 aromatic carbocycles. The summed E-state index contributed by atoms with van der Waals surface area (Å²) in [4.78, 5) is 0. The highest BCUT2D eigenvalue weighted by Gasteiger charge is 2.35. The number of piperidine rings is 1. The maximum atomic E-state index is 11.9. The Morgan fingerprint density at radius 2 is 2.00 bits per heavy atom. The standard InChI is InChI=1S/C9H19NO3S/c1-7(2)14(12,13)10-6-4-5-9(11)8(10)3/h7-9,11H,4-6H2,1-3H3. The molecular formula is C9H19NO3S. The molecule has 0 bridgehead atoms. The molecule has 0 aromatic rings. The number of hydrogen-bond donors (Lipinski definition) is 1. The minimum absolute atomic E-state index is 0.281. The number of aliphatic hydroxyl groups excluding tert-OH is 1. The van der Waals surface area contributed by atoms with Crippen molar-refractivity contribution in [1.29, 1.82) is 0 Å². The molecule has 1 aliphatic heterocycles. The van der Waals surface area contributed by atoms with Crippen molar-refractivity contribution in [2.75, 3.05) is 6.54 Å². The van der Waals surface area contributed by atoms with Crippen molar-refractivity contribution in [2.24, 2.45) is 0 Å². The Labute approximate surface area is 86.0 Å². The highest BCUT2D eigenvalue weighted by Crippen LogP contribution is 2.22. The van der Waals surface area contributed by atoms with Gasteiger partial charge in [0.15, 0.2) is 0 Å². The van der Waals surface area contributed by atoms with Crippen LogP contribution < -0.4 is 0 Å². The second-order valence-corrected chi connectivity index (χ2v) is 6.60. The van der Waals surface area contributed by atoms with E-state index in [4.69, 9.17) is 0 Å². The number of sulfonamides is 1. The van der Waals surface area contributed by atoms with Crippen LogP contribution in [0, 0.1) is 0 Å². The number of nitrogens with zero attached hydrogens (tertiary/aromatic N) is 1. The predicted molar refractivity (Wildman–Crippen MR) is 55.5 cm³/mol. The minimum Gasteiger partial charge on any atom is -0.391 e. The summed E-state index contributed by atoms with van der Waals surface area (Å²) in [5, 5.41) is 9.18. The summed E-state index contributed by atoms with van der Waals surface area (Å²) in [6.07, 6.45) is 0.931. The molecular weight excluding hydrogens is 202 g/mol. The second kappa shape index (κ2) is 4.16. The van der Waals surface area contributed by atoms with Crippen LogP contribution in [0.15, 0.2) is 0 Å². The average molecular weight is 221 g/mol. The van der Waals surface area contributed by atoms with Crippen LogP contribution in [0.25, 0.3) is 0 Å². The fourth-order valence-electron chi connectivity index (χ4n) is 1.72. The molecule has 0 aliphatic carbocycles. The van der Waals surface area contributed by atoms with E-state index in [-0.39, 0.29) is 6.04 Å². The van der Waals surface area contributed by atoms with Crippen LogP contribution in [-0.4, -0.2) is 41.8 Å². The summed E-state index contributed by atoms with van der Waals surface area (Å²) in [7, 11) is -3.21. The molecule has 0 saturated carbocycles. The fraction of sp³-hybridized carbons (Fsp3) is 1.00. The van der Waals surface area contributed by atoms with Crippen molar-refractivity contribution in [3.8, 4) is 0 Å². The molecule has 0 aromatic heterocycles. The van der Waals surface area contributed by atoms with E-state index in [0.717, 1.165) is 6.42 Å². The first-order valence-electron chi connectivity index (χ1n) is 5.06. The van der Waals surface area contributed by atoms with Gasteiger partial charge in [-0.2, -0.15) is 4.31 Å². The van der Waals surface area contributed by atoms with Crippen molar-refractivity contribution >= 4 is 10.0 Å². The Morgan fingerprint density at radius 1 is 1.43 bits per heavy atom. The summed E-state index contributed by atoms with van der Waals surface area (Å²) >= 11 is 0. The summed E-state index contributed by atoms with van der Waals surface area (Å²) in [6.45, 7) is 5.65. The van der Waals surface area contributed by atoms with Crippen LogP contribution in [0.1, 0.15) is 33.6 Å². The Kier molecular flexibility index (Phi) is 3.55. The van der Waals surface area contributed by atoms with Crippen molar-refractivity contribution in [2.45, 2.75) is 51.0 Å². The van der Waals surface area contributed by atoms with Crippen LogP contribution in [-0.2, 0) is 10.0 Å². The zero-order valence-corrected chi connectivity index (χ0v) is 9.79. The van der Waals surface area contributed by atoms with E-state index in [2.05, 4.69) is 0 Å². The number of aliphatic hydroxyl groups is 1. The van der Waals surface area contributed by atoms with Gasteiger partial charge < -0.3 is 5.11 Å². The van der Waals surface area contributed by atoms with Gasteiger partial charge in [-0.05, 0) is 33.6 Å². The molecule has 1 saturated heterocycles. The van der Waals surface area contributed by atoms with Gasteiger partial charge in [-0.1, -0.05) is 0 Å². The summed E-state index contributed by atoms with van der Waals surface area (Å²) in [5.74, 6) is 0. The summed E-state index contributed by atoms with van der Waals surface area (Å²) < 4.78 is 25.1. The molecule has 1 rings (SSSR count). The van der Waals surface area contributed by atoms with Crippen LogP contribution in [0.5, 0.6) is 0 Å². The summed E-state index contributed by atoms with van der Waals surface area (Å²) in [6, 6.07) is -0.281. The lowest BCUT2D eigenvalue weighted by Crippen LogP contribution is -2.51. The van der Waals surface area contributed by atoms with Gasteiger partial charge in [0.1, 0.15) is 0 Å².